The number of ether oxygens (including phenoxy) is 1. The van der Waals surface area contributed by atoms with Gasteiger partial charge in [0.15, 0.2) is 0 Å². The van der Waals surface area contributed by atoms with Crippen LogP contribution in [0.25, 0.3) is 11.3 Å². The van der Waals surface area contributed by atoms with Crippen LogP contribution in [0.4, 0.5) is 4.39 Å². The van der Waals surface area contributed by atoms with Crippen molar-refractivity contribution in [3.8, 4) is 22.8 Å². The molecule has 0 fully saturated rings. The number of unbranched alkanes of at least 4 members (excludes halogenated alkanes) is 1. The average Bonchev–Trinajstić information content (AvgIpc) is 3.42. The Morgan fingerprint density at radius 3 is 2.51 bits per heavy atom. The molecule has 1 aromatic heterocycles. The van der Waals surface area contributed by atoms with Gasteiger partial charge in [-0.25, -0.2) is 4.39 Å². The molecule has 6 nitrogen and oxygen atoms in total. The van der Waals surface area contributed by atoms with Gasteiger partial charge in [-0.05, 0) is 72.9 Å². The number of nitrogens with one attached hydrogen (secondary N) is 1. The number of fused-ring (bicyclic) bond motifs is 1. The highest BCUT2D eigenvalue weighted by Crippen LogP contribution is 2.46. The highest BCUT2D eigenvalue weighted by atomic mass is 19.1. The fourth-order valence-electron chi connectivity index (χ4n) is 4.92. The lowest BCUT2D eigenvalue weighted by Crippen LogP contribution is -2.29. The fourth-order valence-corrected chi connectivity index (χ4v) is 4.92. The second-order valence-corrected chi connectivity index (χ2v) is 9.57. The zero-order valence-corrected chi connectivity index (χ0v) is 21.2. The van der Waals surface area contributed by atoms with E-state index in [0.717, 1.165) is 40.8 Å². The predicted molar refractivity (Wildman–Crippen MR) is 140 cm³/mol. The minimum Gasteiger partial charge on any atom is -0.507 e. The Labute approximate surface area is 215 Å². The number of benzene rings is 3. The van der Waals surface area contributed by atoms with Crippen molar-refractivity contribution >= 4 is 5.91 Å². The first kappa shape index (κ1) is 24.6. The van der Waals surface area contributed by atoms with Gasteiger partial charge in [0.25, 0.3) is 5.91 Å². The summed E-state index contributed by atoms with van der Waals surface area (Å²) >= 11 is 0. The first-order valence-electron chi connectivity index (χ1n) is 12.5. The monoisotopic (exact) mass is 499 g/mol. The number of hydrogen-bond acceptors (Lipinski definition) is 4. The van der Waals surface area contributed by atoms with E-state index in [1.54, 1.807) is 17.0 Å². The van der Waals surface area contributed by atoms with E-state index in [-0.39, 0.29) is 17.5 Å². The molecule has 190 valence electrons. The summed E-state index contributed by atoms with van der Waals surface area (Å²) in [5.41, 5.74) is 5.66. The molecule has 0 radical (unpaired) electrons. The largest absolute Gasteiger partial charge is 0.507 e. The number of aromatic amines is 1. The van der Waals surface area contributed by atoms with Gasteiger partial charge in [0.1, 0.15) is 28.7 Å². The molecular weight excluding hydrogens is 469 g/mol. The Balaban J connectivity index is 1.60. The number of halogens is 1. The van der Waals surface area contributed by atoms with E-state index in [4.69, 9.17) is 4.74 Å². The third kappa shape index (κ3) is 4.69. The van der Waals surface area contributed by atoms with Crippen molar-refractivity contribution in [3.63, 3.8) is 0 Å². The molecule has 4 aromatic rings. The van der Waals surface area contributed by atoms with Crippen LogP contribution < -0.4 is 4.74 Å². The van der Waals surface area contributed by atoms with Crippen molar-refractivity contribution in [2.45, 2.75) is 46.2 Å². The number of rotatable bonds is 8. The van der Waals surface area contributed by atoms with E-state index in [9.17, 15) is 14.3 Å². The Bertz CT molecular complexity index is 1430. The number of amides is 1. The summed E-state index contributed by atoms with van der Waals surface area (Å²) in [4.78, 5) is 15.4. The second-order valence-electron chi connectivity index (χ2n) is 9.57. The third-order valence-corrected chi connectivity index (χ3v) is 6.79. The normalized spacial score (nSPS) is 14.8. The topological polar surface area (TPSA) is 78.5 Å². The van der Waals surface area contributed by atoms with Crippen LogP contribution in [0.5, 0.6) is 11.5 Å². The Morgan fingerprint density at radius 2 is 1.81 bits per heavy atom. The molecule has 1 aliphatic heterocycles. The molecule has 1 amide bonds. The van der Waals surface area contributed by atoms with Gasteiger partial charge < -0.3 is 14.7 Å². The minimum atomic E-state index is -0.453. The third-order valence-electron chi connectivity index (χ3n) is 6.79. The van der Waals surface area contributed by atoms with Crippen LogP contribution in [0, 0.1) is 19.7 Å². The van der Waals surface area contributed by atoms with Crippen molar-refractivity contribution < 1.29 is 19.0 Å². The van der Waals surface area contributed by atoms with Crippen LogP contribution in [-0.2, 0) is 6.54 Å². The summed E-state index contributed by atoms with van der Waals surface area (Å²) in [6.45, 7) is 6.87. The fraction of sp³-hybridized carbons (Fsp3) is 0.267. The molecule has 2 heterocycles. The number of aromatic hydroxyl groups is 1. The van der Waals surface area contributed by atoms with E-state index >= 15 is 0 Å². The zero-order chi connectivity index (χ0) is 26.1. The maximum atomic E-state index is 13.6. The molecule has 0 saturated carbocycles. The molecule has 0 spiro atoms. The van der Waals surface area contributed by atoms with Crippen LogP contribution in [0.3, 0.4) is 0 Å². The molecule has 1 aliphatic rings. The number of H-pyrrole nitrogens is 1. The van der Waals surface area contributed by atoms with Gasteiger partial charge >= 0.3 is 0 Å². The van der Waals surface area contributed by atoms with Gasteiger partial charge in [-0.2, -0.15) is 5.10 Å². The number of aromatic nitrogens is 2. The first-order valence-corrected chi connectivity index (χ1v) is 12.5. The quantitative estimate of drug-likeness (QED) is 0.273. The van der Waals surface area contributed by atoms with Gasteiger partial charge in [-0.15, -0.1) is 0 Å². The van der Waals surface area contributed by atoms with Crippen LogP contribution in [-0.4, -0.2) is 32.7 Å². The minimum absolute atomic E-state index is 0.141. The number of carbonyl (C=O) groups excluding carboxylic acids is 1. The molecule has 0 aliphatic carbocycles. The molecule has 7 heteroatoms. The summed E-state index contributed by atoms with van der Waals surface area (Å²) in [5, 5.41) is 18.3. The molecule has 5 rings (SSSR count). The van der Waals surface area contributed by atoms with Crippen molar-refractivity contribution in [1.29, 1.82) is 0 Å². The Hall–Kier alpha value is -4.13. The number of phenolic OH excluding ortho intramolecular Hbond substituents is 1. The lowest BCUT2D eigenvalue weighted by molar-refractivity contribution is 0.0730. The highest BCUT2D eigenvalue weighted by molar-refractivity contribution is 6.00. The van der Waals surface area contributed by atoms with Crippen molar-refractivity contribution in [1.82, 2.24) is 15.1 Å². The number of aryl methyl sites for hydroxylation is 2. The predicted octanol–water partition coefficient (Wildman–Crippen LogP) is 6.46. The van der Waals surface area contributed by atoms with Crippen LogP contribution in [0.1, 0.15) is 64.1 Å². The maximum Gasteiger partial charge on any atom is 0.273 e. The number of carbonyl (C=O) groups is 1. The van der Waals surface area contributed by atoms with Crippen molar-refractivity contribution in [2.75, 3.05) is 6.61 Å². The average molecular weight is 500 g/mol. The van der Waals surface area contributed by atoms with Crippen LogP contribution >= 0.6 is 0 Å². The Kier molecular flexibility index (Phi) is 6.70. The van der Waals surface area contributed by atoms with Crippen molar-refractivity contribution in [3.05, 3.63) is 100.0 Å². The Morgan fingerprint density at radius 1 is 1.08 bits per heavy atom. The zero-order valence-electron chi connectivity index (χ0n) is 21.2. The van der Waals surface area contributed by atoms with Gasteiger partial charge in [-0.3, -0.25) is 9.89 Å². The molecule has 1 unspecified atom stereocenters. The summed E-state index contributed by atoms with van der Waals surface area (Å²) in [5.74, 6) is 0.387. The molecule has 1 atom stereocenters. The van der Waals surface area contributed by atoms with E-state index in [1.807, 2.05) is 50.2 Å². The number of phenols is 1. The second kappa shape index (κ2) is 10.1. The molecular formula is C30H30FN3O3. The summed E-state index contributed by atoms with van der Waals surface area (Å²) in [6.07, 6.45) is 2.03. The smallest absolute Gasteiger partial charge is 0.273 e. The van der Waals surface area contributed by atoms with Crippen molar-refractivity contribution in [2.24, 2.45) is 0 Å². The van der Waals surface area contributed by atoms with E-state index in [0.29, 0.717) is 35.7 Å². The van der Waals surface area contributed by atoms with E-state index in [2.05, 4.69) is 17.1 Å². The highest BCUT2D eigenvalue weighted by Gasteiger charge is 2.42. The molecule has 0 bridgehead atoms. The van der Waals surface area contributed by atoms with Gasteiger partial charge in [0.2, 0.25) is 0 Å². The van der Waals surface area contributed by atoms with E-state index in [1.165, 1.54) is 12.1 Å². The lowest BCUT2D eigenvalue weighted by Gasteiger charge is -2.27. The van der Waals surface area contributed by atoms with E-state index < -0.39 is 6.04 Å². The van der Waals surface area contributed by atoms with Gasteiger partial charge in [0.05, 0.1) is 12.6 Å². The van der Waals surface area contributed by atoms with Gasteiger partial charge in [0, 0.05) is 17.7 Å². The lowest BCUT2D eigenvalue weighted by atomic mass is 9.94. The van der Waals surface area contributed by atoms with Gasteiger partial charge in [-0.1, -0.05) is 43.7 Å². The van der Waals surface area contributed by atoms with Crippen LogP contribution in [0.15, 0.2) is 60.7 Å². The number of hydrogen-bond donors (Lipinski definition) is 2. The summed E-state index contributed by atoms with van der Waals surface area (Å²) < 4.78 is 19.4. The summed E-state index contributed by atoms with van der Waals surface area (Å²) in [7, 11) is 0. The van der Waals surface area contributed by atoms with Crippen LogP contribution in [0.2, 0.25) is 0 Å². The molecule has 3 aromatic carbocycles. The molecule has 0 saturated heterocycles. The molecule has 37 heavy (non-hydrogen) atoms. The number of nitrogens with zero attached hydrogens (tertiary/aromatic N) is 2. The maximum absolute atomic E-state index is 13.6. The SMILES string of the molecule is CCCCOc1ccc(C2c3c(-c4cc(C)cc(C)c4O)n[nH]c3C(=O)N2Cc2ccc(F)cc2)cc1. The molecule has 2 N–H and O–H groups in total. The summed E-state index contributed by atoms with van der Waals surface area (Å²) in [6, 6.07) is 17.3. The standard InChI is InChI=1S/C30H30FN3O3/c1-4-5-14-37-23-12-8-21(9-13-23)28-25-26(24-16-18(2)15-19(3)29(24)35)32-33-27(25)30(36)34(28)17-20-6-10-22(31)11-7-20/h6-13,15-16,28,35H,4-5,14,17H2,1-3H3,(H,32,33). The first-order chi connectivity index (χ1) is 17.9.